The van der Waals surface area contributed by atoms with Crippen molar-refractivity contribution in [2.45, 2.75) is 99.6 Å². The smallest absolute Gasteiger partial charge is 2.00 e. The van der Waals surface area contributed by atoms with Gasteiger partial charge in [0.1, 0.15) is 0 Å². The summed E-state index contributed by atoms with van der Waals surface area (Å²) < 4.78 is 0. The summed E-state index contributed by atoms with van der Waals surface area (Å²) >= 11 is 17.2. The Balaban J connectivity index is 0. The average molecular weight is 798 g/mol. The molecule has 0 fully saturated rings. The molecule has 258 valence electrons. The van der Waals surface area contributed by atoms with Gasteiger partial charge in [0.2, 0.25) is 11.8 Å². The van der Waals surface area contributed by atoms with Crippen LogP contribution < -0.4 is 20.8 Å². The van der Waals surface area contributed by atoms with Crippen molar-refractivity contribution >= 4 is 104 Å². The van der Waals surface area contributed by atoms with Gasteiger partial charge < -0.3 is 30.4 Å². The van der Waals surface area contributed by atoms with Gasteiger partial charge in [0.15, 0.2) is 0 Å². The Labute approximate surface area is 343 Å². The summed E-state index contributed by atoms with van der Waals surface area (Å²) in [6, 6.07) is 16.4. The molecular weight excluding hydrogens is 749 g/mol. The summed E-state index contributed by atoms with van der Waals surface area (Å²) in [5.41, 5.74) is 1.71. The van der Waals surface area contributed by atoms with Gasteiger partial charge in [-0.1, -0.05) is 73.5 Å². The van der Waals surface area contributed by atoms with E-state index in [1.54, 1.807) is 0 Å². The van der Waals surface area contributed by atoms with Gasteiger partial charge in [0, 0.05) is 23.3 Å². The number of carboxylic acids is 2. The molecule has 14 heteroatoms. The maximum absolute atomic E-state index is 11.9. The first kappa shape index (κ1) is 49.5. The van der Waals surface area contributed by atoms with Gasteiger partial charge >= 0.3 is 49.0 Å². The number of nitrogens with one attached hydrogen (secondary N) is 2. The van der Waals surface area contributed by atoms with Gasteiger partial charge in [0.25, 0.3) is 0 Å². The fraction of sp³-hybridized carbons (Fsp3) is 0.529. The van der Waals surface area contributed by atoms with Crippen LogP contribution in [0.3, 0.4) is 0 Å². The fourth-order valence-electron chi connectivity index (χ4n) is 4.54. The maximum atomic E-state index is 11.9. The Bertz CT molecular complexity index is 1070. The number of hydrogen-bond acceptors (Lipinski definition) is 10. The third-order valence-electron chi connectivity index (χ3n) is 7.11. The number of benzene rings is 2. The summed E-state index contributed by atoms with van der Waals surface area (Å²) in [7, 11) is 0. The third-order valence-corrected chi connectivity index (χ3v) is 8.66. The number of carbonyl (C=O) groups excluding carboxylic acids is 4. The SMILES string of the molecule is O=C(CCCCC(S)CCS)N[C@@H](Cc1ccccc1)C(=O)[O-].O=C(CCCCC(S)CCS)N[C@@H](Cc1ccccc1)C(=O)[O-].[NaH].[Zn+2]. The van der Waals surface area contributed by atoms with Gasteiger partial charge in [-0.15, -0.1) is 0 Å². The number of aliphatic carboxylic acids is 2. The standard InChI is InChI=1S/2C17H25NO3S2.Na.Zn.H/c2*19-16(9-5-4-8-14(23)10-11-22)18-15(17(20)21)12-13-6-2-1-3-7-13;;;/h2*1-3,6-7,14-15,22-23H,4-5,8-12H2,(H,18,19)(H,20,21);;;/q;;;+2;/p-2/t2*14?,15-;;;/m00.../s1. The molecule has 2 unspecified atom stereocenters. The fourth-order valence-corrected chi connectivity index (χ4v) is 6.19. The number of rotatable bonds is 22. The second-order valence-corrected chi connectivity index (χ2v) is 13.4. The van der Waals surface area contributed by atoms with E-state index in [1.807, 2.05) is 60.7 Å². The van der Waals surface area contributed by atoms with E-state index in [0.29, 0.717) is 23.3 Å². The van der Waals surface area contributed by atoms with Crippen LogP contribution in [0.15, 0.2) is 60.7 Å². The van der Waals surface area contributed by atoms with Crippen molar-refractivity contribution in [2.75, 3.05) is 11.5 Å². The van der Waals surface area contributed by atoms with E-state index in [9.17, 15) is 29.4 Å². The molecule has 2 N–H and O–H groups in total. The molecular formula is C34H49N2NaO6S4Zn. The van der Waals surface area contributed by atoms with Gasteiger partial charge in [0.05, 0.1) is 24.0 Å². The van der Waals surface area contributed by atoms with Crippen LogP contribution in [0.1, 0.15) is 75.3 Å². The predicted molar refractivity (Wildman–Crippen MR) is 201 cm³/mol. The van der Waals surface area contributed by atoms with Gasteiger partial charge in [-0.2, -0.15) is 50.5 Å². The number of unbranched alkanes of at least 4 members (excludes halogenated alkanes) is 2. The molecule has 0 aliphatic rings. The van der Waals surface area contributed by atoms with Crippen molar-refractivity contribution in [3.05, 3.63) is 71.8 Å². The first-order valence-electron chi connectivity index (χ1n) is 15.7. The average Bonchev–Trinajstić information content (AvgIpc) is 3.02. The number of hydrogen-bond donors (Lipinski definition) is 6. The van der Waals surface area contributed by atoms with E-state index < -0.39 is 24.0 Å². The van der Waals surface area contributed by atoms with Crippen LogP contribution >= 0.6 is 50.5 Å². The van der Waals surface area contributed by atoms with Crippen molar-refractivity contribution in [1.82, 2.24) is 10.6 Å². The molecule has 0 bridgehead atoms. The Morgan fingerprint density at radius 1 is 0.583 bits per heavy atom. The Hall–Kier alpha value is -0.657. The zero-order chi connectivity index (χ0) is 34.2. The monoisotopic (exact) mass is 796 g/mol. The second kappa shape index (κ2) is 31.1. The number of carboxylic acid groups (broad SMARTS) is 2. The molecule has 2 rings (SSSR count). The Kier molecular flexibility index (Phi) is 32.1. The van der Waals surface area contributed by atoms with Gasteiger partial charge in [-0.25, -0.2) is 0 Å². The number of carbonyl (C=O) groups is 4. The van der Waals surface area contributed by atoms with Crippen LogP contribution in [0.4, 0.5) is 0 Å². The van der Waals surface area contributed by atoms with Crippen molar-refractivity contribution in [3.63, 3.8) is 0 Å². The molecule has 0 aliphatic carbocycles. The van der Waals surface area contributed by atoms with Crippen molar-refractivity contribution in [3.8, 4) is 0 Å². The zero-order valence-corrected chi connectivity index (χ0v) is 33.5. The second-order valence-electron chi connectivity index (χ2n) is 11.1. The van der Waals surface area contributed by atoms with E-state index in [1.165, 1.54) is 0 Å². The molecule has 0 spiro atoms. The van der Waals surface area contributed by atoms with E-state index >= 15 is 0 Å². The largest absolute Gasteiger partial charge is 2.00 e. The molecule has 0 heterocycles. The molecule has 2 aromatic carbocycles. The molecule has 0 saturated carbocycles. The molecule has 48 heavy (non-hydrogen) atoms. The van der Waals surface area contributed by atoms with Gasteiger partial charge in [-0.05, 0) is 74.0 Å². The molecule has 0 saturated heterocycles. The van der Waals surface area contributed by atoms with Crippen LogP contribution in [-0.4, -0.2) is 87.4 Å². The van der Waals surface area contributed by atoms with E-state index in [4.69, 9.17) is 0 Å². The summed E-state index contributed by atoms with van der Waals surface area (Å²) in [4.78, 5) is 46.1. The predicted octanol–water partition coefficient (Wildman–Crippen LogP) is 2.63. The minimum atomic E-state index is -1.26. The van der Waals surface area contributed by atoms with Crippen LogP contribution in [0.2, 0.25) is 0 Å². The van der Waals surface area contributed by atoms with Crippen molar-refractivity contribution < 1.29 is 48.9 Å². The zero-order valence-electron chi connectivity index (χ0n) is 26.9. The third kappa shape index (κ3) is 25.3. The first-order valence-corrected chi connectivity index (χ1v) is 18.0. The summed E-state index contributed by atoms with van der Waals surface area (Å²) in [5, 5.41) is 28.1. The summed E-state index contributed by atoms with van der Waals surface area (Å²) in [5.74, 6) is -1.40. The molecule has 2 amide bonds. The van der Waals surface area contributed by atoms with Crippen LogP contribution in [-0.2, 0) is 51.5 Å². The van der Waals surface area contributed by atoms with Crippen molar-refractivity contribution in [1.29, 1.82) is 0 Å². The molecule has 4 atom stereocenters. The normalized spacial score (nSPS) is 12.8. The van der Waals surface area contributed by atoms with Crippen LogP contribution in [0, 0.1) is 0 Å². The molecule has 0 radical (unpaired) electrons. The van der Waals surface area contributed by atoms with Gasteiger partial charge in [-0.3, -0.25) is 9.59 Å². The topological polar surface area (TPSA) is 138 Å². The minimum absolute atomic E-state index is 0. The van der Waals surface area contributed by atoms with E-state index in [2.05, 4.69) is 61.1 Å². The Morgan fingerprint density at radius 3 is 1.21 bits per heavy atom. The van der Waals surface area contributed by atoms with E-state index in [0.717, 1.165) is 74.0 Å². The Morgan fingerprint density at radius 2 is 0.917 bits per heavy atom. The molecule has 2 aromatic rings. The molecule has 8 nitrogen and oxygen atoms in total. The summed E-state index contributed by atoms with van der Waals surface area (Å²) in [6.07, 6.45) is 8.10. The van der Waals surface area contributed by atoms with Crippen LogP contribution in [0.5, 0.6) is 0 Å². The first-order chi connectivity index (χ1) is 22.0. The maximum Gasteiger partial charge on any atom is 2.00 e. The quantitative estimate of drug-likeness (QED) is 0.0616. The summed E-state index contributed by atoms with van der Waals surface area (Å²) in [6.45, 7) is 0. The van der Waals surface area contributed by atoms with Crippen LogP contribution in [0.25, 0.3) is 0 Å². The molecule has 0 aromatic heterocycles. The number of thiol groups is 4. The number of amides is 2. The van der Waals surface area contributed by atoms with Crippen molar-refractivity contribution in [2.24, 2.45) is 0 Å². The minimum Gasteiger partial charge on any atom is 2.00 e. The van der Waals surface area contributed by atoms with E-state index in [-0.39, 0.29) is 73.7 Å². The molecule has 0 aliphatic heterocycles.